The van der Waals surface area contributed by atoms with Crippen molar-refractivity contribution in [3.63, 3.8) is 0 Å². The van der Waals surface area contributed by atoms with Crippen LogP contribution in [-0.4, -0.2) is 78.1 Å². The molecular weight excluding hydrogens is 370 g/mol. The number of hydrogen-bond acceptors (Lipinski definition) is 6. The molecule has 2 heterocycles. The highest BCUT2D eigenvalue weighted by Gasteiger charge is 2.20. The van der Waals surface area contributed by atoms with Crippen molar-refractivity contribution in [3.8, 4) is 5.88 Å². The van der Waals surface area contributed by atoms with E-state index in [1.165, 1.54) is 6.08 Å². The Morgan fingerprint density at radius 3 is 2.79 bits per heavy atom. The van der Waals surface area contributed by atoms with Gasteiger partial charge in [0.2, 0.25) is 0 Å². The van der Waals surface area contributed by atoms with Crippen molar-refractivity contribution >= 4 is 22.7 Å². The number of aliphatic hydroxyl groups is 1. The lowest BCUT2D eigenvalue weighted by molar-refractivity contribution is -0.870. The molecule has 1 aliphatic rings. The highest BCUT2D eigenvalue weighted by atomic mass is 16.5. The fourth-order valence-corrected chi connectivity index (χ4v) is 2.80. The molecule has 0 radical (unpaired) electrons. The van der Waals surface area contributed by atoms with Crippen LogP contribution in [0.4, 0.5) is 5.69 Å². The van der Waals surface area contributed by atoms with E-state index < -0.39 is 0 Å². The predicted octanol–water partition coefficient (Wildman–Crippen LogP) is 1.49. The topological polar surface area (TPSA) is 88.2 Å². The summed E-state index contributed by atoms with van der Waals surface area (Å²) in [5, 5.41) is 16.7. The zero-order chi connectivity index (χ0) is 21.0. The van der Waals surface area contributed by atoms with Crippen LogP contribution in [0.15, 0.2) is 52.8 Å². The van der Waals surface area contributed by atoms with Crippen molar-refractivity contribution in [2.24, 2.45) is 4.99 Å². The van der Waals surface area contributed by atoms with E-state index in [4.69, 9.17) is 14.8 Å². The molecule has 2 aromatic rings. The van der Waals surface area contributed by atoms with E-state index >= 15 is 0 Å². The molecule has 0 aliphatic heterocycles. The van der Waals surface area contributed by atoms with Gasteiger partial charge in [0.15, 0.2) is 11.5 Å². The normalized spacial score (nSPS) is 16.2. The van der Waals surface area contributed by atoms with Crippen LogP contribution in [0.2, 0.25) is 0 Å². The van der Waals surface area contributed by atoms with Crippen LogP contribution in [0, 0.1) is 0 Å². The van der Waals surface area contributed by atoms with Crippen molar-refractivity contribution in [1.29, 1.82) is 0 Å². The second-order valence-electron chi connectivity index (χ2n) is 7.94. The van der Waals surface area contributed by atoms with Crippen LogP contribution in [0.25, 0.3) is 5.52 Å². The monoisotopic (exact) mass is 398 g/mol. The zero-order valence-corrected chi connectivity index (χ0v) is 17.3. The first-order chi connectivity index (χ1) is 13.8. The van der Waals surface area contributed by atoms with Crippen molar-refractivity contribution in [1.82, 2.24) is 14.9 Å². The van der Waals surface area contributed by atoms with Gasteiger partial charge in [0.05, 0.1) is 44.7 Å². The van der Waals surface area contributed by atoms with Crippen molar-refractivity contribution in [2.45, 2.75) is 6.92 Å². The lowest BCUT2D eigenvalue weighted by Gasteiger charge is -2.23. The van der Waals surface area contributed by atoms with Crippen molar-refractivity contribution in [2.75, 3.05) is 47.4 Å². The van der Waals surface area contributed by atoms with Gasteiger partial charge in [-0.2, -0.15) is 0 Å². The molecule has 154 valence electrons. The largest absolute Gasteiger partial charge is 0.469 e. The molecule has 8 heteroatoms. The van der Waals surface area contributed by atoms with Crippen LogP contribution in [-0.2, 0) is 4.79 Å². The minimum Gasteiger partial charge on any atom is -0.469 e. The van der Waals surface area contributed by atoms with Gasteiger partial charge in [-0.15, -0.1) is 5.10 Å². The number of aromatic nitrogens is 2. The first-order valence-electron chi connectivity index (χ1n) is 9.57. The molecule has 1 aliphatic carbocycles. The Kier molecular flexibility index (Phi) is 6.14. The fraction of sp³-hybridized carbons (Fsp3) is 0.381. The number of nitrogens with one attached hydrogen (secondary N) is 1. The number of rotatable bonds is 8. The van der Waals surface area contributed by atoms with Crippen molar-refractivity contribution < 1.29 is 19.1 Å². The van der Waals surface area contributed by atoms with Gasteiger partial charge in [0.1, 0.15) is 13.2 Å². The summed E-state index contributed by atoms with van der Waals surface area (Å²) in [7, 11) is 6.31. The number of aliphatic imine (C=N–C) groups is 1. The number of carbonyl (C=O) groups excluding carboxylic acids is 1. The van der Waals surface area contributed by atoms with Crippen LogP contribution < -0.4 is 10.1 Å². The molecule has 0 aromatic carbocycles. The lowest BCUT2D eigenvalue weighted by atomic mass is 10.0. The maximum Gasteiger partial charge on any atom is 0.260 e. The number of quaternary nitrogens is 1. The molecule has 8 nitrogen and oxygen atoms in total. The van der Waals surface area contributed by atoms with Crippen LogP contribution in [0.3, 0.4) is 0 Å². The number of ketones is 1. The molecule has 29 heavy (non-hydrogen) atoms. The van der Waals surface area contributed by atoms with Crippen LogP contribution >= 0.6 is 0 Å². The van der Waals surface area contributed by atoms with Crippen LogP contribution in [0.5, 0.6) is 5.88 Å². The van der Waals surface area contributed by atoms with E-state index in [1.54, 1.807) is 17.5 Å². The molecule has 3 rings (SSSR count). The van der Waals surface area contributed by atoms with E-state index in [0.717, 1.165) is 16.5 Å². The molecule has 0 saturated heterocycles. The molecule has 0 amide bonds. The summed E-state index contributed by atoms with van der Waals surface area (Å²) in [5.74, 6) is 0.366. The number of fused-ring (bicyclic) bond motifs is 1. The first-order valence-corrected chi connectivity index (χ1v) is 9.57. The summed E-state index contributed by atoms with van der Waals surface area (Å²) in [6.07, 6.45) is 5.09. The molecule has 2 N–H and O–H groups in total. The third-order valence-corrected chi connectivity index (χ3v) is 4.44. The van der Waals surface area contributed by atoms with E-state index in [2.05, 4.69) is 31.6 Å². The van der Waals surface area contributed by atoms with Crippen LogP contribution in [0.1, 0.15) is 6.92 Å². The summed E-state index contributed by atoms with van der Waals surface area (Å²) in [6.45, 7) is 3.36. The smallest absolute Gasteiger partial charge is 0.260 e. The quantitative estimate of drug-likeness (QED) is 0.520. The lowest BCUT2D eigenvalue weighted by Crippen LogP contribution is -2.38. The van der Waals surface area contributed by atoms with E-state index in [0.29, 0.717) is 41.7 Å². The molecule has 0 fully saturated rings. The third kappa shape index (κ3) is 5.10. The van der Waals surface area contributed by atoms with Gasteiger partial charge >= 0.3 is 0 Å². The average Bonchev–Trinajstić information content (AvgIpc) is 3.00. The van der Waals surface area contributed by atoms with Gasteiger partial charge in [-0.25, -0.2) is 9.51 Å². The molecule has 0 saturated carbocycles. The Balaban J connectivity index is 2.01. The SMILES string of the molecule is CC1=CC(=Nc2c(OCC[N+](C)(C)C)nn3ccccc23)C(NCCO)=CC1=O. The Labute approximate surface area is 170 Å². The number of allylic oxidation sites excluding steroid dienone is 3. The Bertz CT molecular complexity index is 995. The highest BCUT2D eigenvalue weighted by molar-refractivity contribution is 6.22. The van der Waals surface area contributed by atoms with Gasteiger partial charge < -0.3 is 19.6 Å². The Morgan fingerprint density at radius 2 is 2.07 bits per heavy atom. The number of hydrogen-bond donors (Lipinski definition) is 2. The number of nitrogens with zero attached hydrogens (tertiary/aromatic N) is 4. The summed E-state index contributed by atoms with van der Waals surface area (Å²) in [4.78, 5) is 16.9. The third-order valence-electron chi connectivity index (χ3n) is 4.44. The number of carbonyl (C=O) groups is 1. The van der Waals surface area contributed by atoms with Gasteiger partial charge in [0, 0.05) is 18.8 Å². The second kappa shape index (κ2) is 8.59. The van der Waals surface area contributed by atoms with Gasteiger partial charge in [-0.3, -0.25) is 4.79 Å². The molecule has 0 spiro atoms. The van der Waals surface area contributed by atoms with Gasteiger partial charge in [0.25, 0.3) is 5.88 Å². The van der Waals surface area contributed by atoms with Gasteiger partial charge in [-0.1, -0.05) is 6.07 Å². The molecule has 0 atom stereocenters. The second-order valence-corrected chi connectivity index (χ2v) is 7.94. The standard InChI is InChI=1S/C21H27N5O3/c1-15-13-17(16(14-19(15)28)22-8-11-27)23-20-18-7-5-6-9-25(18)24-21(20)29-12-10-26(2,3)4/h5-7,9,13-14,27H,8,10-12H2,1-4H3/p+1. The minimum atomic E-state index is -0.0799. The van der Waals surface area contributed by atoms with E-state index in [1.807, 2.05) is 24.4 Å². The highest BCUT2D eigenvalue weighted by Crippen LogP contribution is 2.33. The maximum absolute atomic E-state index is 12.1. The summed E-state index contributed by atoms with van der Waals surface area (Å²) in [5.41, 5.74) is 3.19. The Hall–Kier alpha value is -2.97. The predicted molar refractivity (Wildman–Crippen MR) is 113 cm³/mol. The number of likely N-dealkylation sites (N-methyl/N-ethyl adjacent to an activating group) is 1. The Morgan fingerprint density at radius 1 is 1.28 bits per heavy atom. The fourth-order valence-electron chi connectivity index (χ4n) is 2.80. The first kappa shape index (κ1) is 20.8. The number of aliphatic hydroxyl groups excluding tert-OH is 1. The average molecular weight is 398 g/mol. The molecule has 0 unspecified atom stereocenters. The summed E-state index contributed by atoms with van der Waals surface area (Å²) in [6, 6.07) is 5.74. The van der Waals surface area contributed by atoms with E-state index in [9.17, 15) is 4.79 Å². The van der Waals surface area contributed by atoms with Gasteiger partial charge in [-0.05, 0) is 30.7 Å². The van der Waals surface area contributed by atoms with Crippen molar-refractivity contribution in [3.05, 3.63) is 47.8 Å². The minimum absolute atomic E-state index is 0.0440. The molecule has 0 bridgehead atoms. The molecule has 2 aromatic heterocycles. The summed E-state index contributed by atoms with van der Waals surface area (Å²) < 4.78 is 8.49. The number of pyridine rings is 1. The molecular formula is C21H28N5O3+. The zero-order valence-electron chi connectivity index (χ0n) is 17.3. The maximum atomic E-state index is 12.1. The number of ether oxygens (including phenoxy) is 1. The summed E-state index contributed by atoms with van der Waals surface area (Å²) >= 11 is 0. The van der Waals surface area contributed by atoms with E-state index in [-0.39, 0.29) is 12.4 Å².